The van der Waals surface area contributed by atoms with Crippen LogP contribution in [0.5, 0.6) is 0 Å². The molecule has 1 N–H and O–H groups in total. The Morgan fingerprint density at radius 3 is 1.75 bits per heavy atom. The van der Waals surface area contributed by atoms with Crippen molar-refractivity contribution in [1.82, 2.24) is 0 Å². The third-order valence-electron chi connectivity index (χ3n) is 0. The van der Waals surface area contributed by atoms with E-state index in [-0.39, 0.29) is 20.4 Å². The van der Waals surface area contributed by atoms with E-state index < -0.39 is 0 Å². The minimum atomic E-state index is 0. The molecule has 0 saturated heterocycles. The Kier molecular flexibility index (Phi) is 25.8. The Bertz CT molecular complexity index is 13.5. The van der Waals surface area contributed by atoms with Crippen LogP contribution in [0.15, 0.2) is 5.34 Å². The second-order valence-electron chi connectivity index (χ2n) is 0.0816. The van der Waals surface area contributed by atoms with E-state index in [0.29, 0.717) is 0 Å². The van der Waals surface area contributed by atoms with Crippen LogP contribution in [0.4, 0.5) is 0 Å². The average molecular weight is 153 g/mol. The molecule has 0 amide bonds. The van der Waals surface area contributed by atoms with Crippen LogP contribution in [0.25, 0.3) is 0 Å². The van der Waals surface area contributed by atoms with Gasteiger partial charge in [-0.25, -0.2) is 0 Å². The molecule has 0 bridgehead atoms. The largest absolute Gasteiger partial charge is 0.379 e. The van der Waals surface area contributed by atoms with Gasteiger partial charge >= 0.3 is 0 Å². The molecular formula is HNO2Pd. The average Bonchev–Trinajstić information content (AvgIpc) is 0.918. The van der Waals surface area contributed by atoms with Gasteiger partial charge in [-0.05, 0) is 0 Å². The van der Waals surface area contributed by atoms with Crippen molar-refractivity contribution in [3.63, 3.8) is 0 Å². The smallest absolute Gasteiger partial charge is 0.152 e. The van der Waals surface area contributed by atoms with Gasteiger partial charge in [-0.1, -0.05) is 0 Å². The summed E-state index contributed by atoms with van der Waals surface area (Å²) in [6, 6.07) is 0. The molecule has 3 nitrogen and oxygen atoms in total. The molecule has 0 radical (unpaired) electrons. The molecule has 0 unspecified atom stereocenters. The Hall–Kier alpha value is 0.0623. The van der Waals surface area contributed by atoms with E-state index in [2.05, 4.69) is 0 Å². The predicted octanol–water partition coefficient (Wildman–Crippen LogP) is 0.140. The van der Waals surface area contributed by atoms with E-state index in [1.807, 2.05) is 0 Å². The topological polar surface area (TPSA) is 49.7 Å². The van der Waals surface area contributed by atoms with E-state index >= 15 is 0 Å². The maximum absolute atomic E-state index is 8.11. The van der Waals surface area contributed by atoms with E-state index in [1.54, 1.807) is 0 Å². The van der Waals surface area contributed by atoms with Crippen molar-refractivity contribution in [2.75, 3.05) is 0 Å². The van der Waals surface area contributed by atoms with Crippen molar-refractivity contribution in [3.8, 4) is 0 Å². The van der Waals surface area contributed by atoms with Crippen molar-refractivity contribution in [2.45, 2.75) is 0 Å². The van der Waals surface area contributed by atoms with Gasteiger partial charge in [0.2, 0.25) is 0 Å². The molecule has 28 valence electrons. The Morgan fingerprint density at radius 1 is 1.75 bits per heavy atom. The maximum Gasteiger partial charge on any atom is 0.152 e. The normalized spacial score (nSPS) is 3.00. The fourth-order valence-electron chi connectivity index (χ4n) is 0. The van der Waals surface area contributed by atoms with Crippen molar-refractivity contribution in [2.24, 2.45) is 5.34 Å². The number of rotatable bonds is 0. The first-order valence-corrected chi connectivity index (χ1v) is 0.383. The summed E-state index contributed by atoms with van der Waals surface area (Å²) in [6.07, 6.45) is 0. The van der Waals surface area contributed by atoms with E-state index in [1.165, 1.54) is 5.34 Å². The molecule has 0 spiro atoms. The summed E-state index contributed by atoms with van der Waals surface area (Å²) in [7, 11) is 0. The standard InChI is InChI=1S/HNO2.Pd/c2-1-3;/h(H,2,3);. The molecule has 0 aliphatic heterocycles. The van der Waals surface area contributed by atoms with Crippen molar-refractivity contribution >= 4 is 0 Å². The SMILES string of the molecule is O=NO.[Pd]. The molecule has 4 heteroatoms. The summed E-state index contributed by atoms with van der Waals surface area (Å²) in [6.45, 7) is 0. The molecular weight excluding hydrogens is 152 g/mol. The van der Waals surface area contributed by atoms with Crippen LogP contribution in [-0.2, 0) is 20.4 Å². The fourth-order valence-corrected chi connectivity index (χ4v) is 0. The molecule has 0 rings (SSSR count). The van der Waals surface area contributed by atoms with Gasteiger partial charge in [0.15, 0.2) is 5.34 Å². The zero-order valence-electron chi connectivity index (χ0n) is 1.62. The van der Waals surface area contributed by atoms with Gasteiger partial charge in [-0.3, -0.25) is 0 Å². The van der Waals surface area contributed by atoms with Gasteiger partial charge in [-0.2, -0.15) is 0 Å². The predicted molar refractivity (Wildman–Crippen MR) is 7.58 cm³/mol. The fraction of sp³-hybridized carbons (Fsp3) is 0. The number of nitrogens with zero attached hydrogens (tertiary/aromatic N) is 1. The van der Waals surface area contributed by atoms with Gasteiger partial charge in [0.1, 0.15) is 0 Å². The summed E-state index contributed by atoms with van der Waals surface area (Å²) in [5.41, 5.74) is 0. The molecule has 0 aromatic carbocycles. The summed E-state index contributed by atoms with van der Waals surface area (Å²) in [5.74, 6) is 0. The molecule has 4 heavy (non-hydrogen) atoms. The molecule has 0 atom stereocenters. The summed E-state index contributed by atoms with van der Waals surface area (Å²) in [4.78, 5) is 8.11. The maximum atomic E-state index is 8.11. The third-order valence-corrected chi connectivity index (χ3v) is 0. The van der Waals surface area contributed by atoms with Crippen molar-refractivity contribution in [1.29, 1.82) is 0 Å². The zero-order valence-corrected chi connectivity index (χ0v) is 3.17. The summed E-state index contributed by atoms with van der Waals surface area (Å²) >= 11 is 0. The van der Waals surface area contributed by atoms with E-state index in [0.717, 1.165) is 0 Å². The van der Waals surface area contributed by atoms with Gasteiger partial charge in [-0.15, -0.1) is 4.91 Å². The Labute approximate surface area is 36.6 Å². The minimum Gasteiger partial charge on any atom is -0.379 e. The molecule has 0 fully saturated rings. The van der Waals surface area contributed by atoms with Crippen LogP contribution in [0.1, 0.15) is 0 Å². The number of hydrogen-bond acceptors (Lipinski definition) is 2. The van der Waals surface area contributed by atoms with Crippen LogP contribution in [-0.4, -0.2) is 5.21 Å². The molecule has 0 aromatic rings. The van der Waals surface area contributed by atoms with Crippen LogP contribution in [0.3, 0.4) is 0 Å². The van der Waals surface area contributed by atoms with Crippen LogP contribution < -0.4 is 0 Å². The third kappa shape index (κ3) is 599. The first-order chi connectivity index (χ1) is 1.41. The van der Waals surface area contributed by atoms with Gasteiger partial charge in [0.05, 0.1) is 0 Å². The molecule has 0 saturated carbocycles. The van der Waals surface area contributed by atoms with Crippen molar-refractivity contribution in [3.05, 3.63) is 4.91 Å². The van der Waals surface area contributed by atoms with Crippen LogP contribution in [0, 0.1) is 4.91 Å². The second-order valence-corrected chi connectivity index (χ2v) is 0.0816. The van der Waals surface area contributed by atoms with E-state index in [9.17, 15) is 0 Å². The van der Waals surface area contributed by atoms with Gasteiger partial charge in [0, 0.05) is 20.4 Å². The van der Waals surface area contributed by atoms with Gasteiger partial charge in [0.25, 0.3) is 0 Å². The number of hydrogen-bond donors (Lipinski definition) is 1. The van der Waals surface area contributed by atoms with Crippen LogP contribution >= 0.6 is 0 Å². The molecule has 0 aromatic heterocycles. The Morgan fingerprint density at radius 2 is 1.75 bits per heavy atom. The first kappa shape index (κ1) is 8.96. The minimum absolute atomic E-state index is 0. The summed E-state index contributed by atoms with van der Waals surface area (Å²) < 4.78 is 0. The van der Waals surface area contributed by atoms with Crippen molar-refractivity contribution < 1.29 is 25.6 Å². The quantitative estimate of drug-likeness (QED) is 0.306. The van der Waals surface area contributed by atoms with Gasteiger partial charge < -0.3 is 5.21 Å². The molecule has 0 aliphatic rings. The summed E-state index contributed by atoms with van der Waals surface area (Å²) in [5, 5.41) is 7.89. The Balaban J connectivity index is 0. The van der Waals surface area contributed by atoms with Crippen LogP contribution in [0.2, 0.25) is 0 Å². The monoisotopic (exact) mass is 153 g/mol. The molecule has 0 heterocycles. The van der Waals surface area contributed by atoms with E-state index in [4.69, 9.17) is 10.1 Å². The zero-order chi connectivity index (χ0) is 2.71. The first-order valence-electron chi connectivity index (χ1n) is 0.383. The molecule has 0 aliphatic carbocycles. The second kappa shape index (κ2) is 11.5.